The first-order chi connectivity index (χ1) is 7.72. The summed E-state index contributed by atoms with van der Waals surface area (Å²) in [6, 6.07) is 0. The van der Waals surface area contributed by atoms with Crippen LogP contribution in [0.5, 0.6) is 0 Å². The monoisotopic (exact) mass is 250 g/mol. The number of unbranched alkanes of at least 4 members (excludes halogenated alkanes) is 5. The summed E-state index contributed by atoms with van der Waals surface area (Å²) in [6.07, 6.45) is 8.79. The molecule has 0 aromatic rings. The van der Waals surface area contributed by atoms with Gasteiger partial charge in [-0.3, -0.25) is 10.2 Å². The molecule has 0 aromatic heterocycles. The van der Waals surface area contributed by atoms with Crippen LogP contribution in [0.4, 0.5) is 0 Å². The Morgan fingerprint density at radius 2 is 1.62 bits per heavy atom. The summed E-state index contributed by atoms with van der Waals surface area (Å²) < 4.78 is 0. The van der Waals surface area contributed by atoms with Crippen molar-refractivity contribution in [2.24, 2.45) is 5.84 Å². The van der Waals surface area contributed by atoms with E-state index in [1.54, 1.807) is 0 Å². The number of halogens is 1. The van der Waals surface area contributed by atoms with Crippen molar-refractivity contribution in [2.45, 2.75) is 65.2 Å². The van der Waals surface area contributed by atoms with Gasteiger partial charge in [0.25, 0.3) is 0 Å². The van der Waals surface area contributed by atoms with Crippen molar-refractivity contribution in [3.8, 4) is 0 Å². The average Bonchev–Trinajstić information content (AvgIpc) is 2.32. The van der Waals surface area contributed by atoms with Gasteiger partial charge in [0.1, 0.15) is 0 Å². The molecular formula is C12H27ClN2O. The molecule has 0 aliphatic carbocycles. The molecule has 0 heterocycles. The third-order valence-corrected chi connectivity index (χ3v) is 2.42. The minimum Gasteiger partial charge on any atom is -0.294 e. The molecule has 16 heavy (non-hydrogen) atoms. The Hall–Kier alpha value is -0.280. The first kappa shape index (κ1) is 18.1. The second kappa shape index (κ2) is 17.1. The van der Waals surface area contributed by atoms with Gasteiger partial charge < -0.3 is 0 Å². The Balaban J connectivity index is 0. The molecule has 0 bridgehead atoms. The van der Waals surface area contributed by atoms with Crippen molar-refractivity contribution in [1.29, 1.82) is 0 Å². The number of hydrogen-bond acceptors (Lipinski definition) is 2. The van der Waals surface area contributed by atoms with E-state index in [-0.39, 0.29) is 5.91 Å². The molecule has 4 heteroatoms. The van der Waals surface area contributed by atoms with Gasteiger partial charge in [-0.1, -0.05) is 46.0 Å². The largest absolute Gasteiger partial charge is 0.294 e. The van der Waals surface area contributed by atoms with Crippen LogP contribution >= 0.6 is 11.6 Å². The average molecular weight is 251 g/mol. The highest BCUT2D eigenvalue weighted by Gasteiger charge is 1.95. The van der Waals surface area contributed by atoms with Crippen LogP contribution in [0.25, 0.3) is 0 Å². The van der Waals surface area contributed by atoms with Crippen LogP contribution in [0.15, 0.2) is 0 Å². The zero-order valence-corrected chi connectivity index (χ0v) is 11.5. The quantitative estimate of drug-likeness (QED) is 0.228. The van der Waals surface area contributed by atoms with Crippen LogP contribution < -0.4 is 11.3 Å². The molecule has 98 valence electrons. The summed E-state index contributed by atoms with van der Waals surface area (Å²) in [6.45, 7) is 4.32. The SMILES string of the molecule is CCCCCCC(=O)NN.CCCCCCl. The highest BCUT2D eigenvalue weighted by molar-refractivity contribution is 6.17. The highest BCUT2D eigenvalue weighted by Crippen LogP contribution is 2.01. The van der Waals surface area contributed by atoms with Crippen LogP contribution in [0.2, 0.25) is 0 Å². The number of hydrazine groups is 1. The van der Waals surface area contributed by atoms with Crippen LogP contribution in [0.1, 0.15) is 65.2 Å². The van der Waals surface area contributed by atoms with Crippen molar-refractivity contribution in [2.75, 3.05) is 5.88 Å². The molecular weight excluding hydrogens is 224 g/mol. The van der Waals surface area contributed by atoms with E-state index in [1.165, 1.54) is 32.1 Å². The Morgan fingerprint density at radius 1 is 1.06 bits per heavy atom. The normalized spacial score (nSPS) is 9.25. The van der Waals surface area contributed by atoms with Crippen LogP contribution in [-0.2, 0) is 4.79 Å². The molecule has 3 N–H and O–H groups in total. The van der Waals surface area contributed by atoms with Crippen molar-refractivity contribution < 1.29 is 4.79 Å². The van der Waals surface area contributed by atoms with Crippen molar-refractivity contribution in [3.63, 3.8) is 0 Å². The van der Waals surface area contributed by atoms with Gasteiger partial charge in [-0.05, 0) is 12.8 Å². The summed E-state index contributed by atoms with van der Waals surface area (Å²) in [5, 5.41) is 0. The van der Waals surface area contributed by atoms with E-state index < -0.39 is 0 Å². The van der Waals surface area contributed by atoms with Gasteiger partial charge in [0.05, 0.1) is 0 Å². The van der Waals surface area contributed by atoms with Gasteiger partial charge in [-0.25, -0.2) is 5.84 Å². The summed E-state index contributed by atoms with van der Waals surface area (Å²) >= 11 is 5.38. The van der Waals surface area contributed by atoms with Crippen molar-refractivity contribution >= 4 is 17.5 Å². The molecule has 0 aliphatic heterocycles. The Morgan fingerprint density at radius 3 is 2.00 bits per heavy atom. The molecule has 0 unspecified atom stereocenters. The predicted octanol–water partition coefficient (Wildman–Crippen LogP) is 3.36. The van der Waals surface area contributed by atoms with E-state index in [4.69, 9.17) is 17.4 Å². The van der Waals surface area contributed by atoms with Crippen LogP contribution in [0, 0.1) is 0 Å². The molecule has 0 saturated carbocycles. The Labute approximate surface area is 105 Å². The van der Waals surface area contributed by atoms with Gasteiger partial charge >= 0.3 is 0 Å². The first-order valence-corrected chi connectivity index (χ1v) is 6.81. The number of carbonyl (C=O) groups is 1. The number of alkyl halides is 1. The fourth-order valence-electron chi connectivity index (χ4n) is 1.13. The third kappa shape index (κ3) is 19.3. The molecule has 0 aromatic carbocycles. The maximum atomic E-state index is 10.5. The number of nitrogens with one attached hydrogen (secondary N) is 1. The zero-order chi connectivity index (χ0) is 12.6. The summed E-state index contributed by atoms with van der Waals surface area (Å²) in [7, 11) is 0. The molecule has 0 saturated heterocycles. The Bertz CT molecular complexity index is 139. The molecule has 0 atom stereocenters. The molecule has 0 aliphatic rings. The van der Waals surface area contributed by atoms with Gasteiger partial charge in [-0.15, -0.1) is 11.6 Å². The summed E-state index contributed by atoms with van der Waals surface area (Å²) in [4.78, 5) is 10.5. The van der Waals surface area contributed by atoms with Crippen molar-refractivity contribution in [3.05, 3.63) is 0 Å². The van der Waals surface area contributed by atoms with E-state index >= 15 is 0 Å². The highest BCUT2D eigenvalue weighted by atomic mass is 35.5. The number of rotatable bonds is 8. The third-order valence-electron chi connectivity index (χ3n) is 2.16. The maximum absolute atomic E-state index is 10.5. The second-order valence-corrected chi connectivity index (χ2v) is 4.15. The predicted molar refractivity (Wildman–Crippen MR) is 71.3 cm³/mol. The second-order valence-electron chi connectivity index (χ2n) is 3.77. The smallest absolute Gasteiger partial charge is 0.233 e. The first-order valence-electron chi connectivity index (χ1n) is 6.28. The van der Waals surface area contributed by atoms with E-state index in [1.807, 2.05) is 0 Å². The topological polar surface area (TPSA) is 55.1 Å². The summed E-state index contributed by atoms with van der Waals surface area (Å²) in [5.41, 5.74) is 2.10. The molecule has 0 spiro atoms. The molecule has 3 nitrogen and oxygen atoms in total. The van der Waals surface area contributed by atoms with Gasteiger partial charge in [-0.2, -0.15) is 0 Å². The molecule has 0 fully saturated rings. The van der Waals surface area contributed by atoms with Crippen molar-refractivity contribution in [1.82, 2.24) is 5.43 Å². The minimum absolute atomic E-state index is 0.0592. The number of carbonyl (C=O) groups excluding carboxylic acids is 1. The standard InChI is InChI=1S/C7H16N2O.C5H11Cl/c1-2-3-4-5-6-7(10)9-8;1-2-3-4-5-6/h2-6,8H2,1H3,(H,9,10);2-5H2,1H3. The van der Waals surface area contributed by atoms with E-state index in [0.29, 0.717) is 6.42 Å². The van der Waals surface area contributed by atoms with Gasteiger partial charge in [0, 0.05) is 12.3 Å². The lowest BCUT2D eigenvalue weighted by Gasteiger charge is -1.97. The zero-order valence-electron chi connectivity index (χ0n) is 10.7. The number of amides is 1. The van der Waals surface area contributed by atoms with Gasteiger partial charge in [0.2, 0.25) is 5.91 Å². The lowest BCUT2D eigenvalue weighted by molar-refractivity contribution is -0.121. The minimum atomic E-state index is -0.0592. The van der Waals surface area contributed by atoms with Crippen LogP contribution in [-0.4, -0.2) is 11.8 Å². The Kier molecular flexibility index (Phi) is 19.4. The fourth-order valence-corrected chi connectivity index (χ4v) is 1.32. The molecule has 0 radical (unpaired) electrons. The number of nitrogens with two attached hydrogens (primary N) is 1. The van der Waals surface area contributed by atoms with Crippen LogP contribution in [0.3, 0.4) is 0 Å². The lowest BCUT2D eigenvalue weighted by Crippen LogP contribution is -2.29. The summed E-state index contributed by atoms with van der Waals surface area (Å²) in [5.74, 6) is 5.66. The van der Waals surface area contributed by atoms with E-state index in [2.05, 4.69) is 19.3 Å². The number of hydrogen-bond donors (Lipinski definition) is 2. The lowest BCUT2D eigenvalue weighted by atomic mass is 10.1. The molecule has 0 rings (SSSR count). The molecule has 1 amide bonds. The van der Waals surface area contributed by atoms with E-state index in [9.17, 15) is 4.79 Å². The fraction of sp³-hybridized carbons (Fsp3) is 0.917. The van der Waals surface area contributed by atoms with Gasteiger partial charge in [0.15, 0.2) is 0 Å². The maximum Gasteiger partial charge on any atom is 0.233 e. The van der Waals surface area contributed by atoms with E-state index in [0.717, 1.165) is 18.7 Å².